The summed E-state index contributed by atoms with van der Waals surface area (Å²) in [5.41, 5.74) is 0.592. The molecule has 7 nitrogen and oxygen atoms in total. The molecule has 1 atom stereocenters. The van der Waals surface area contributed by atoms with E-state index in [1.165, 1.54) is 44.7 Å². The third kappa shape index (κ3) is 3.93. The van der Waals surface area contributed by atoms with Gasteiger partial charge < -0.3 is 10.3 Å². The standard InChI is InChI=1S/C14H17FN4O3S/c1-9-11(15)4-3-5-13(9)23(21,22)19-12(14(20)16-2)6-10-7-17-8-18-10/h3-5,7-8,12,19H,6H2,1-2H3,(H,16,20)(H,17,18)/t12-/m0/s1. The van der Waals surface area contributed by atoms with Crippen LogP contribution in [0.3, 0.4) is 0 Å². The van der Waals surface area contributed by atoms with Crippen molar-refractivity contribution in [1.29, 1.82) is 0 Å². The van der Waals surface area contributed by atoms with Crippen molar-refractivity contribution in [1.82, 2.24) is 20.0 Å². The molecule has 124 valence electrons. The van der Waals surface area contributed by atoms with Gasteiger partial charge in [0.15, 0.2) is 0 Å². The van der Waals surface area contributed by atoms with Crippen molar-refractivity contribution in [2.75, 3.05) is 7.05 Å². The summed E-state index contributed by atoms with van der Waals surface area (Å²) in [4.78, 5) is 18.4. The smallest absolute Gasteiger partial charge is 0.241 e. The minimum Gasteiger partial charge on any atom is -0.358 e. The van der Waals surface area contributed by atoms with Crippen LogP contribution in [0.4, 0.5) is 4.39 Å². The molecule has 2 aromatic rings. The molecule has 0 fully saturated rings. The molecule has 0 saturated carbocycles. The third-order valence-corrected chi connectivity index (χ3v) is 4.96. The van der Waals surface area contributed by atoms with Crippen LogP contribution in [0.1, 0.15) is 11.3 Å². The Labute approximate surface area is 133 Å². The lowest BCUT2D eigenvalue weighted by Gasteiger charge is -2.17. The number of imidazole rings is 1. The largest absolute Gasteiger partial charge is 0.358 e. The maximum absolute atomic E-state index is 13.6. The van der Waals surface area contributed by atoms with Crippen molar-refractivity contribution in [3.63, 3.8) is 0 Å². The fourth-order valence-electron chi connectivity index (χ4n) is 2.11. The molecular weight excluding hydrogens is 323 g/mol. The molecule has 2 rings (SSSR count). The quantitative estimate of drug-likeness (QED) is 0.712. The summed E-state index contributed by atoms with van der Waals surface area (Å²) < 4.78 is 40.9. The van der Waals surface area contributed by atoms with E-state index in [1.807, 2.05) is 0 Å². The lowest BCUT2D eigenvalue weighted by Crippen LogP contribution is -2.47. The number of amides is 1. The number of likely N-dealkylation sites (N-methyl/N-ethyl adjacent to an activating group) is 1. The van der Waals surface area contributed by atoms with E-state index in [0.717, 1.165) is 0 Å². The number of hydrogen-bond donors (Lipinski definition) is 3. The first-order valence-electron chi connectivity index (χ1n) is 6.81. The van der Waals surface area contributed by atoms with Crippen LogP contribution >= 0.6 is 0 Å². The summed E-state index contributed by atoms with van der Waals surface area (Å²) in [5, 5.41) is 2.40. The van der Waals surface area contributed by atoms with Gasteiger partial charge in [0.2, 0.25) is 15.9 Å². The third-order valence-electron chi connectivity index (χ3n) is 3.35. The molecule has 0 aliphatic rings. The first kappa shape index (κ1) is 17.1. The Balaban J connectivity index is 2.30. The fraction of sp³-hybridized carbons (Fsp3) is 0.286. The Kier molecular flexibility index (Phi) is 5.12. The Morgan fingerprint density at radius 1 is 1.43 bits per heavy atom. The van der Waals surface area contributed by atoms with Crippen LogP contribution in [0.25, 0.3) is 0 Å². The minimum atomic E-state index is -4.06. The van der Waals surface area contributed by atoms with Gasteiger partial charge in [0.25, 0.3) is 0 Å². The van der Waals surface area contributed by atoms with Crippen LogP contribution in [-0.4, -0.2) is 37.4 Å². The predicted molar refractivity (Wildman–Crippen MR) is 81.6 cm³/mol. The van der Waals surface area contributed by atoms with E-state index in [2.05, 4.69) is 20.0 Å². The second-order valence-electron chi connectivity index (χ2n) is 4.93. The summed E-state index contributed by atoms with van der Waals surface area (Å²) in [7, 11) is -2.65. The number of aromatic amines is 1. The number of nitrogens with zero attached hydrogens (tertiary/aromatic N) is 1. The van der Waals surface area contributed by atoms with Crippen LogP contribution in [0, 0.1) is 12.7 Å². The predicted octanol–water partition coefficient (Wildman–Crippen LogP) is 0.493. The Morgan fingerprint density at radius 3 is 2.78 bits per heavy atom. The number of carbonyl (C=O) groups is 1. The molecule has 23 heavy (non-hydrogen) atoms. The Morgan fingerprint density at radius 2 is 2.17 bits per heavy atom. The molecule has 3 N–H and O–H groups in total. The van der Waals surface area contributed by atoms with E-state index in [9.17, 15) is 17.6 Å². The lowest BCUT2D eigenvalue weighted by atomic mass is 10.2. The number of H-pyrrole nitrogens is 1. The van der Waals surface area contributed by atoms with Gasteiger partial charge in [0.1, 0.15) is 11.9 Å². The average molecular weight is 340 g/mol. The maximum Gasteiger partial charge on any atom is 0.241 e. The monoisotopic (exact) mass is 340 g/mol. The molecule has 1 heterocycles. The van der Waals surface area contributed by atoms with Gasteiger partial charge >= 0.3 is 0 Å². The molecule has 1 amide bonds. The first-order chi connectivity index (χ1) is 10.8. The Bertz CT molecular complexity index is 790. The number of sulfonamides is 1. The number of hydrogen-bond acceptors (Lipinski definition) is 4. The van der Waals surface area contributed by atoms with Gasteiger partial charge in [-0.1, -0.05) is 6.07 Å². The number of halogens is 1. The van der Waals surface area contributed by atoms with E-state index >= 15 is 0 Å². The van der Waals surface area contributed by atoms with E-state index in [1.54, 1.807) is 0 Å². The Hall–Kier alpha value is -2.26. The summed E-state index contributed by atoms with van der Waals surface area (Å²) >= 11 is 0. The molecule has 0 spiro atoms. The van der Waals surface area contributed by atoms with Crippen LogP contribution < -0.4 is 10.0 Å². The van der Waals surface area contributed by atoms with Crippen LogP contribution in [0.5, 0.6) is 0 Å². The number of rotatable bonds is 6. The highest BCUT2D eigenvalue weighted by Gasteiger charge is 2.27. The topological polar surface area (TPSA) is 104 Å². The highest BCUT2D eigenvalue weighted by atomic mass is 32.2. The van der Waals surface area contributed by atoms with Gasteiger partial charge in [-0.05, 0) is 19.1 Å². The molecule has 0 saturated heterocycles. The maximum atomic E-state index is 13.6. The highest BCUT2D eigenvalue weighted by molar-refractivity contribution is 7.89. The molecule has 9 heteroatoms. The molecule has 1 aromatic heterocycles. The fourth-order valence-corrected chi connectivity index (χ4v) is 3.56. The molecule has 0 aliphatic carbocycles. The molecule has 0 aliphatic heterocycles. The summed E-state index contributed by atoms with van der Waals surface area (Å²) in [5.74, 6) is -1.13. The normalized spacial score (nSPS) is 12.8. The molecule has 0 bridgehead atoms. The van der Waals surface area contributed by atoms with Crippen molar-refractivity contribution in [3.05, 3.63) is 47.8 Å². The van der Waals surface area contributed by atoms with Gasteiger partial charge in [-0.15, -0.1) is 0 Å². The van der Waals surface area contributed by atoms with E-state index < -0.39 is 27.8 Å². The zero-order valence-electron chi connectivity index (χ0n) is 12.6. The number of benzene rings is 1. The molecule has 1 aromatic carbocycles. The SMILES string of the molecule is CNC(=O)[C@H](Cc1cnc[nH]1)NS(=O)(=O)c1cccc(F)c1C. The zero-order valence-corrected chi connectivity index (χ0v) is 13.4. The number of aromatic nitrogens is 2. The highest BCUT2D eigenvalue weighted by Crippen LogP contribution is 2.18. The number of nitrogens with one attached hydrogen (secondary N) is 3. The molecule has 0 unspecified atom stereocenters. The molecular formula is C14H17FN4O3S. The van der Waals surface area contributed by atoms with Crippen molar-refractivity contribution in [2.45, 2.75) is 24.3 Å². The second-order valence-corrected chi connectivity index (χ2v) is 6.61. The summed E-state index contributed by atoms with van der Waals surface area (Å²) in [6.07, 6.45) is 3.02. The van der Waals surface area contributed by atoms with E-state index in [4.69, 9.17) is 0 Å². The van der Waals surface area contributed by atoms with Crippen LogP contribution in [0.15, 0.2) is 35.6 Å². The van der Waals surface area contributed by atoms with Crippen molar-refractivity contribution in [3.8, 4) is 0 Å². The summed E-state index contributed by atoms with van der Waals surface area (Å²) in [6, 6.07) is 2.72. The molecule has 0 radical (unpaired) electrons. The van der Waals surface area contributed by atoms with Gasteiger partial charge in [0, 0.05) is 30.9 Å². The van der Waals surface area contributed by atoms with E-state index in [-0.39, 0.29) is 16.9 Å². The van der Waals surface area contributed by atoms with Crippen molar-refractivity contribution >= 4 is 15.9 Å². The van der Waals surface area contributed by atoms with Gasteiger partial charge in [0.05, 0.1) is 11.2 Å². The first-order valence-corrected chi connectivity index (χ1v) is 8.29. The van der Waals surface area contributed by atoms with Gasteiger partial charge in [-0.3, -0.25) is 4.79 Å². The van der Waals surface area contributed by atoms with Crippen molar-refractivity contribution in [2.24, 2.45) is 0 Å². The average Bonchev–Trinajstić information content (AvgIpc) is 3.01. The van der Waals surface area contributed by atoms with E-state index in [0.29, 0.717) is 5.69 Å². The van der Waals surface area contributed by atoms with Gasteiger partial charge in [-0.2, -0.15) is 4.72 Å². The van der Waals surface area contributed by atoms with Gasteiger partial charge in [-0.25, -0.2) is 17.8 Å². The summed E-state index contributed by atoms with van der Waals surface area (Å²) in [6.45, 7) is 1.37. The lowest BCUT2D eigenvalue weighted by molar-refractivity contribution is -0.122. The number of carbonyl (C=O) groups excluding carboxylic acids is 1. The zero-order chi connectivity index (χ0) is 17.0. The minimum absolute atomic E-state index is 0.00260. The second kappa shape index (κ2) is 6.88. The van der Waals surface area contributed by atoms with Crippen LogP contribution in [0.2, 0.25) is 0 Å². The van der Waals surface area contributed by atoms with Crippen molar-refractivity contribution < 1.29 is 17.6 Å². The van der Waals surface area contributed by atoms with Crippen LogP contribution in [-0.2, 0) is 21.2 Å².